The molecule has 0 radical (unpaired) electrons. The Morgan fingerprint density at radius 3 is 1.95 bits per heavy atom. The van der Waals surface area contributed by atoms with Crippen molar-refractivity contribution in [2.75, 3.05) is 20.1 Å². The van der Waals surface area contributed by atoms with Gasteiger partial charge in [-0.25, -0.2) is 13.2 Å². The van der Waals surface area contributed by atoms with Crippen molar-refractivity contribution in [2.24, 2.45) is 0 Å². The van der Waals surface area contributed by atoms with Gasteiger partial charge < -0.3 is 9.31 Å². The highest BCUT2D eigenvalue weighted by Gasteiger charge is 2.38. The molecule has 9 heteroatoms. The molecule has 1 fully saturated rings. The molecule has 1 aromatic carbocycles. The first kappa shape index (κ1) is 14.4. The fraction of sp³-hybridized carbons (Fsp3) is 0.273. The molecule has 0 N–H and O–H groups in total. The summed E-state index contributed by atoms with van der Waals surface area (Å²) in [5.41, 5.74) is -0.822. The number of carbonyl (C=O) groups excluding carboxylic acids is 2. The van der Waals surface area contributed by atoms with E-state index in [4.69, 9.17) is 9.31 Å². The fourth-order valence-electron chi connectivity index (χ4n) is 1.73. The summed E-state index contributed by atoms with van der Waals surface area (Å²) < 4.78 is 49.4. The Balaban J connectivity index is 2.35. The van der Waals surface area contributed by atoms with Gasteiger partial charge in [0.25, 0.3) is 0 Å². The first-order valence-corrected chi connectivity index (χ1v) is 5.58. The molecule has 0 aromatic heterocycles. The van der Waals surface area contributed by atoms with Crippen LogP contribution in [-0.2, 0) is 18.9 Å². The average Bonchev–Trinajstić information content (AvgIpc) is 2.24. The summed E-state index contributed by atoms with van der Waals surface area (Å²) in [5, 5.41) is 0. The van der Waals surface area contributed by atoms with Crippen LogP contribution in [0.25, 0.3) is 0 Å². The maximum atomic E-state index is 13.6. The predicted molar refractivity (Wildman–Crippen MR) is 61.4 cm³/mol. The molecule has 0 bridgehead atoms. The number of rotatable bonds is 1. The number of likely N-dealkylation sites (N-methyl/N-ethyl adjacent to an activating group) is 1. The smallest absolute Gasteiger partial charge is 0.494 e. The van der Waals surface area contributed by atoms with E-state index in [-0.39, 0.29) is 13.1 Å². The third-order valence-electron chi connectivity index (χ3n) is 2.55. The van der Waals surface area contributed by atoms with E-state index in [2.05, 4.69) is 0 Å². The molecule has 0 atom stereocenters. The second-order valence-corrected chi connectivity index (χ2v) is 4.27. The minimum Gasteiger partial charge on any atom is -0.494 e. The average molecular weight is 287 g/mol. The lowest BCUT2D eigenvalue weighted by atomic mass is 9.77. The number of nitrogens with zero attached hydrogens (tertiary/aromatic N) is 1. The molecule has 1 heterocycles. The van der Waals surface area contributed by atoms with Gasteiger partial charge in [-0.3, -0.25) is 14.5 Å². The summed E-state index contributed by atoms with van der Waals surface area (Å²) in [4.78, 5) is 24.2. The highest BCUT2D eigenvalue weighted by molar-refractivity contribution is 6.64. The van der Waals surface area contributed by atoms with Crippen LogP contribution < -0.4 is 5.46 Å². The highest BCUT2D eigenvalue weighted by Crippen LogP contribution is 2.09. The number of hydrogen-bond acceptors (Lipinski definition) is 5. The van der Waals surface area contributed by atoms with Gasteiger partial charge in [-0.15, -0.1) is 0 Å². The number of carbonyl (C=O) groups is 2. The van der Waals surface area contributed by atoms with Crippen molar-refractivity contribution >= 4 is 24.5 Å². The Morgan fingerprint density at radius 1 is 1.05 bits per heavy atom. The Labute approximate surface area is 112 Å². The van der Waals surface area contributed by atoms with E-state index >= 15 is 0 Å². The Morgan fingerprint density at radius 2 is 1.50 bits per heavy atom. The molecule has 2 rings (SSSR count). The van der Waals surface area contributed by atoms with Crippen molar-refractivity contribution in [1.29, 1.82) is 0 Å². The van der Waals surface area contributed by atoms with Crippen molar-refractivity contribution in [3.8, 4) is 0 Å². The highest BCUT2D eigenvalue weighted by atomic mass is 19.1. The first-order chi connectivity index (χ1) is 9.36. The molecule has 0 unspecified atom stereocenters. The minimum atomic E-state index is -1.87. The van der Waals surface area contributed by atoms with Crippen molar-refractivity contribution in [2.45, 2.75) is 0 Å². The quantitative estimate of drug-likeness (QED) is 0.671. The summed E-state index contributed by atoms with van der Waals surface area (Å²) in [6, 6.07) is 0.815. The molecular formula is C11H9BF3NO4. The summed E-state index contributed by atoms with van der Waals surface area (Å²) in [6.07, 6.45) is 0. The summed E-state index contributed by atoms with van der Waals surface area (Å²) >= 11 is 0. The molecular weight excluding hydrogens is 278 g/mol. The van der Waals surface area contributed by atoms with E-state index in [1.54, 1.807) is 0 Å². The van der Waals surface area contributed by atoms with Crippen LogP contribution in [0.3, 0.4) is 0 Å². The maximum Gasteiger partial charge on any atom is 0.642 e. The lowest BCUT2D eigenvalue weighted by Gasteiger charge is -2.22. The molecule has 1 aliphatic heterocycles. The Bertz CT molecular complexity index is 526. The molecule has 0 aliphatic carbocycles. The number of benzene rings is 1. The van der Waals surface area contributed by atoms with Crippen LogP contribution in [0.5, 0.6) is 0 Å². The SMILES string of the molecule is CN1CC(=O)OB(c2c(F)cc(F)cc2F)OC(=O)C1. The second-order valence-electron chi connectivity index (χ2n) is 4.27. The van der Waals surface area contributed by atoms with Crippen molar-refractivity contribution in [3.63, 3.8) is 0 Å². The van der Waals surface area contributed by atoms with E-state index in [0.29, 0.717) is 12.1 Å². The normalized spacial score (nSPS) is 17.3. The predicted octanol–water partition coefficient (Wildman–Crippen LogP) is -0.169. The van der Waals surface area contributed by atoms with Crippen molar-refractivity contribution in [1.82, 2.24) is 4.90 Å². The summed E-state index contributed by atoms with van der Waals surface area (Å²) in [6.45, 7) is -0.480. The monoisotopic (exact) mass is 287 g/mol. The molecule has 1 saturated heterocycles. The van der Waals surface area contributed by atoms with E-state index in [9.17, 15) is 22.8 Å². The van der Waals surface area contributed by atoms with E-state index in [0.717, 1.165) is 0 Å². The summed E-state index contributed by atoms with van der Waals surface area (Å²) in [5.74, 6) is -5.39. The lowest BCUT2D eigenvalue weighted by Crippen LogP contribution is -2.49. The largest absolute Gasteiger partial charge is 0.642 e. The first-order valence-electron chi connectivity index (χ1n) is 5.58. The van der Waals surface area contributed by atoms with E-state index in [1.165, 1.54) is 11.9 Å². The second kappa shape index (κ2) is 5.54. The maximum absolute atomic E-state index is 13.6. The van der Waals surface area contributed by atoms with Gasteiger partial charge in [0, 0.05) is 12.1 Å². The van der Waals surface area contributed by atoms with Crippen LogP contribution in [0.2, 0.25) is 0 Å². The van der Waals surface area contributed by atoms with Gasteiger partial charge in [0.15, 0.2) is 0 Å². The van der Waals surface area contributed by atoms with Crippen LogP contribution in [0, 0.1) is 17.5 Å². The Kier molecular flexibility index (Phi) is 3.98. The van der Waals surface area contributed by atoms with Crippen LogP contribution in [-0.4, -0.2) is 44.1 Å². The van der Waals surface area contributed by atoms with Gasteiger partial charge in [-0.05, 0) is 7.05 Å². The molecule has 0 saturated carbocycles. The molecule has 106 valence electrons. The Hall–Kier alpha value is -2.03. The lowest BCUT2D eigenvalue weighted by molar-refractivity contribution is -0.145. The van der Waals surface area contributed by atoms with Crippen LogP contribution in [0.4, 0.5) is 13.2 Å². The fourth-order valence-corrected chi connectivity index (χ4v) is 1.73. The van der Waals surface area contributed by atoms with Crippen molar-refractivity contribution in [3.05, 3.63) is 29.6 Å². The zero-order valence-corrected chi connectivity index (χ0v) is 10.4. The van der Waals surface area contributed by atoms with Gasteiger partial charge in [0.2, 0.25) is 0 Å². The summed E-state index contributed by atoms with van der Waals surface area (Å²) in [7, 11) is -0.397. The van der Waals surface area contributed by atoms with Gasteiger partial charge >= 0.3 is 19.1 Å². The minimum absolute atomic E-state index is 0.240. The third-order valence-corrected chi connectivity index (χ3v) is 2.55. The number of halogens is 3. The third kappa shape index (κ3) is 3.10. The molecule has 0 spiro atoms. The van der Waals surface area contributed by atoms with E-state index in [1.807, 2.05) is 0 Å². The molecule has 1 aliphatic rings. The van der Waals surface area contributed by atoms with Gasteiger partial charge in [-0.2, -0.15) is 0 Å². The standard InChI is InChI=1S/C11H9BF3NO4/c1-16-4-9(17)19-12(20-10(18)5-16)11-7(14)2-6(13)3-8(11)15/h2-3H,4-5H2,1H3. The van der Waals surface area contributed by atoms with Crippen LogP contribution in [0.1, 0.15) is 0 Å². The number of hydrogen-bond donors (Lipinski definition) is 0. The zero-order valence-electron chi connectivity index (χ0n) is 10.4. The molecule has 20 heavy (non-hydrogen) atoms. The van der Waals surface area contributed by atoms with Gasteiger partial charge in [0.1, 0.15) is 17.5 Å². The van der Waals surface area contributed by atoms with E-state index < -0.39 is 42.0 Å². The zero-order chi connectivity index (χ0) is 14.9. The van der Waals surface area contributed by atoms with Gasteiger partial charge in [0.05, 0.1) is 18.6 Å². The van der Waals surface area contributed by atoms with Gasteiger partial charge in [-0.1, -0.05) is 0 Å². The van der Waals surface area contributed by atoms with Crippen LogP contribution >= 0.6 is 0 Å². The molecule has 5 nitrogen and oxygen atoms in total. The topological polar surface area (TPSA) is 55.8 Å². The molecule has 0 amide bonds. The molecule has 1 aromatic rings. The van der Waals surface area contributed by atoms with Crippen molar-refractivity contribution < 1.29 is 32.1 Å². The van der Waals surface area contributed by atoms with Crippen LogP contribution in [0.15, 0.2) is 12.1 Å².